The Labute approximate surface area is 160 Å². The number of halogens is 1. The van der Waals surface area contributed by atoms with Crippen LogP contribution in [0.15, 0.2) is 48.5 Å². The number of carbonyl (C=O) groups excluding carboxylic acids is 2. The van der Waals surface area contributed by atoms with E-state index in [-0.39, 0.29) is 12.2 Å². The molecule has 5 nitrogen and oxygen atoms in total. The smallest absolute Gasteiger partial charge is 0.291 e. The maximum Gasteiger partial charge on any atom is 0.291 e. The molecule has 0 aliphatic carbocycles. The Hall–Kier alpha value is -2.79. The topological polar surface area (TPSA) is 63.2 Å². The number of aldehydes is 1. The summed E-state index contributed by atoms with van der Waals surface area (Å²) in [5, 5.41) is 1.12. The first-order valence-electron chi connectivity index (χ1n) is 9.53. The van der Waals surface area contributed by atoms with Gasteiger partial charge in [0, 0.05) is 39.5 Å². The molecular weight excluding hydrogens is 350 g/mol. The van der Waals surface area contributed by atoms with Gasteiger partial charge in [-0.1, -0.05) is 48.0 Å². The molecule has 1 aromatic heterocycles. The Morgan fingerprint density at radius 3 is 2.69 bits per heavy atom. The highest BCUT2D eigenvalue weighted by Gasteiger charge is 2.22. The van der Waals surface area contributed by atoms with E-state index in [1.165, 1.54) is 6.92 Å². The van der Waals surface area contributed by atoms with E-state index in [9.17, 15) is 9.59 Å². The maximum absolute atomic E-state index is 13.1. The Morgan fingerprint density at radius 2 is 1.96 bits per heavy atom. The molecule has 6 heteroatoms. The molecule has 1 heterocycles. The molecule has 132 valence electrons. The third kappa shape index (κ3) is 3.44. The second-order valence-electron chi connectivity index (χ2n) is 5.82. The van der Waals surface area contributed by atoms with Gasteiger partial charge in [0.25, 0.3) is 5.91 Å². The number of hydrogen-bond acceptors (Lipinski definition) is 4. The number of amides is 1. The van der Waals surface area contributed by atoms with Crippen molar-refractivity contribution >= 4 is 34.7 Å². The fourth-order valence-corrected chi connectivity index (χ4v) is 2.81. The van der Waals surface area contributed by atoms with Crippen molar-refractivity contribution in [3.05, 3.63) is 59.4 Å². The van der Waals surface area contributed by atoms with E-state index in [0.717, 1.165) is 0 Å². The number of para-hydroxylation sites is 1. The zero-order valence-corrected chi connectivity index (χ0v) is 14.8. The summed E-state index contributed by atoms with van der Waals surface area (Å²) in [6.45, 7) is -1.26. The number of carbonyl (C=O) groups is 2. The van der Waals surface area contributed by atoms with Gasteiger partial charge in [-0.15, -0.1) is 0 Å². The van der Waals surface area contributed by atoms with Gasteiger partial charge in [0.05, 0.1) is 11.2 Å². The van der Waals surface area contributed by atoms with Crippen LogP contribution in [-0.2, 0) is 4.79 Å². The first kappa shape index (κ1) is 14.4. The van der Waals surface area contributed by atoms with Crippen molar-refractivity contribution in [1.82, 2.24) is 14.9 Å². The van der Waals surface area contributed by atoms with E-state index in [2.05, 4.69) is 9.97 Å². The van der Waals surface area contributed by atoms with Gasteiger partial charge in [0.1, 0.15) is 6.29 Å². The molecule has 0 N–H and O–H groups in total. The van der Waals surface area contributed by atoms with Crippen LogP contribution in [0.2, 0.25) is 5.02 Å². The van der Waals surface area contributed by atoms with Gasteiger partial charge < -0.3 is 9.69 Å². The first-order valence-corrected chi connectivity index (χ1v) is 8.41. The highest BCUT2D eigenvalue weighted by Crippen LogP contribution is 2.31. The lowest BCUT2D eigenvalue weighted by Gasteiger charge is -2.22. The molecule has 0 saturated carbocycles. The molecule has 3 rings (SSSR count). The van der Waals surface area contributed by atoms with E-state index >= 15 is 0 Å². The second-order valence-corrected chi connectivity index (χ2v) is 6.23. The highest BCUT2D eigenvalue weighted by molar-refractivity contribution is 6.33. The van der Waals surface area contributed by atoms with E-state index in [1.54, 1.807) is 42.5 Å². The van der Waals surface area contributed by atoms with Crippen molar-refractivity contribution in [3.63, 3.8) is 0 Å². The van der Waals surface area contributed by atoms with Crippen molar-refractivity contribution in [2.45, 2.75) is 19.4 Å². The summed E-state index contributed by atoms with van der Waals surface area (Å²) in [7, 11) is 0. The second kappa shape index (κ2) is 7.62. The lowest BCUT2D eigenvalue weighted by atomic mass is 10.1. The minimum Gasteiger partial charge on any atom is -0.336 e. The molecule has 0 bridgehead atoms. The minimum atomic E-state index is -2.75. The molecule has 0 radical (unpaired) electrons. The molecule has 3 aromatic rings. The Morgan fingerprint density at radius 1 is 1.23 bits per heavy atom. The van der Waals surface area contributed by atoms with Crippen LogP contribution < -0.4 is 0 Å². The summed E-state index contributed by atoms with van der Waals surface area (Å²) in [6.07, 6.45) is 0.461. The van der Waals surface area contributed by atoms with Gasteiger partial charge >= 0.3 is 0 Å². The number of rotatable bonds is 5. The third-order valence-corrected chi connectivity index (χ3v) is 4.35. The third-order valence-electron chi connectivity index (χ3n) is 4.02. The Bertz CT molecular complexity index is 1070. The predicted octanol–water partition coefficient (Wildman–Crippen LogP) is 4.00. The lowest BCUT2D eigenvalue weighted by Crippen LogP contribution is -2.36. The summed E-state index contributed by atoms with van der Waals surface area (Å²) in [6, 6.07) is 13.3. The van der Waals surface area contributed by atoms with Crippen LogP contribution >= 0.6 is 11.6 Å². The molecule has 0 unspecified atom stereocenters. The van der Waals surface area contributed by atoms with E-state index in [0.29, 0.717) is 38.4 Å². The minimum absolute atomic E-state index is 0.116. The van der Waals surface area contributed by atoms with Crippen LogP contribution in [0.4, 0.5) is 0 Å². The van der Waals surface area contributed by atoms with Crippen LogP contribution in [0.25, 0.3) is 22.2 Å². The van der Waals surface area contributed by atoms with Crippen LogP contribution in [0.1, 0.15) is 28.1 Å². The molecule has 1 amide bonds. The number of aromatic nitrogens is 2. The van der Waals surface area contributed by atoms with Gasteiger partial charge in [0.2, 0.25) is 5.82 Å². The number of hydrogen-bond donors (Lipinski definition) is 0. The summed E-state index contributed by atoms with van der Waals surface area (Å²) in [5.74, 6) is -1.15. The molecule has 0 aliphatic rings. The summed E-state index contributed by atoms with van der Waals surface area (Å²) >= 11 is 6.33. The van der Waals surface area contributed by atoms with Gasteiger partial charge in [0.15, 0.2) is 0 Å². The quantitative estimate of drug-likeness (QED) is 0.637. The zero-order chi connectivity index (χ0) is 21.2. The molecule has 26 heavy (non-hydrogen) atoms. The number of fused-ring (bicyclic) bond motifs is 1. The van der Waals surface area contributed by atoms with Gasteiger partial charge in [-0.3, -0.25) is 4.79 Å². The average Bonchev–Trinajstić information content (AvgIpc) is 2.66. The molecular formula is C20H18ClN3O2. The van der Waals surface area contributed by atoms with Crippen molar-refractivity contribution in [3.8, 4) is 11.3 Å². The van der Waals surface area contributed by atoms with Gasteiger partial charge in [-0.05, 0) is 19.1 Å². The Kier molecular flexibility index (Phi) is 4.22. The normalized spacial score (nSPS) is 14.2. The van der Waals surface area contributed by atoms with E-state index in [1.807, 2.05) is 6.07 Å². The summed E-state index contributed by atoms with van der Waals surface area (Å²) in [4.78, 5) is 33.3. The Balaban J connectivity index is 2.21. The molecule has 1 atom stereocenters. The van der Waals surface area contributed by atoms with Crippen molar-refractivity contribution in [2.24, 2.45) is 0 Å². The molecule has 0 spiro atoms. The SMILES string of the molecule is [2H]C([2H])([2H])N(C(=O)c1nc(-c2ccccc2Cl)c2ccccc2n1)[C@H](C)CC=O. The maximum atomic E-state index is 13.1. The number of nitrogens with zero attached hydrogens (tertiary/aromatic N) is 3. The zero-order valence-electron chi connectivity index (χ0n) is 17.0. The van der Waals surface area contributed by atoms with Gasteiger partial charge in [-0.25, -0.2) is 9.97 Å². The van der Waals surface area contributed by atoms with E-state index in [4.69, 9.17) is 15.7 Å². The fraction of sp³-hybridized carbons (Fsp3) is 0.200. The van der Waals surface area contributed by atoms with Crippen LogP contribution in [0, 0.1) is 0 Å². The molecule has 0 saturated heterocycles. The van der Waals surface area contributed by atoms with Crippen LogP contribution in [0.3, 0.4) is 0 Å². The van der Waals surface area contributed by atoms with Crippen molar-refractivity contribution in [2.75, 3.05) is 6.98 Å². The van der Waals surface area contributed by atoms with E-state index < -0.39 is 18.9 Å². The number of benzene rings is 2. The molecule has 0 aliphatic heterocycles. The fourth-order valence-electron chi connectivity index (χ4n) is 2.58. The lowest BCUT2D eigenvalue weighted by molar-refractivity contribution is -0.108. The standard InChI is InChI=1S/C20H18ClN3O2/c1-13(11-12-25)24(2)20(26)19-22-17-10-6-4-8-15(17)18(23-19)14-7-3-5-9-16(14)21/h3-10,12-13H,11H2,1-2H3/t13-/m1/s1/i2D3. The van der Waals surface area contributed by atoms with Crippen LogP contribution in [-0.4, -0.2) is 40.1 Å². The van der Waals surface area contributed by atoms with Crippen molar-refractivity contribution in [1.29, 1.82) is 0 Å². The molecule has 2 aromatic carbocycles. The van der Waals surface area contributed by atoms with Gasteiger partial charge in [-0.2, -0.15) is 0 Å². The highest BCUT2D eigenvalue weighted by atomic mass is 35.5. The van der Waals surface area contributed by atoms with Crippen LogP contribution in [0.5, 0.6) is 0 Å². The first-order chi connectivity index (χ1) is 13.7. The predicted molar refractivity (Wildman–Crippen MR) is 102 cm³/mol. The van der Waals surface area contributed by atoms with Crippen molar-refractivity contribution < 1.29 is 13.7 Å². The monoisotopic (exact) mass is 370 g/mol. The summed E-state index contributed by atoms with van der Waals surface area (Å²) < 4.78 is 23.2. The average molecular weight is 371 g/mol. The summed E-state index contributed by atoms with van der Waals surface area (Å²) in [5.41, 5.74) is 1.51. The largest absolute Gasteiger partial charge is 0.336 e. The molecule has 0 fully saturated rings.